The third kappa shape index (κ3) is 4.21. The number of rotatable bonds is 5. The summed E-state index contributed by atoms with van der Waals surface area (Å²) in [6, 6.07) is 4.24. The molecule has 2 N–H and O–H groups in total. The largest absolute Gasteiger partial charge is 0.506 e. The zero-order valence-corrected chi connectivity index (χ0v) is 11.2. The molecule has 0 aliphatic rings. The van der Waals surface area contributed by atoms with Crippen molar-refractivity contribution in [2.24, 2.45) is 5.92 Å². The van der Waals surface area contributed by atoms with Gasteiger partial charge in [-0.2, -0.15) is 0 Å². The van der Waals surface area contributed by atoms with Gasteiger partial charge in [-0.15, -0.1) is 0 Å². The molecule has 102 valence electrons. The Bertz CT molecular complexity index is 522. The number of hydrogen-bond acceptors (Lipinski definition) is 4. The molecule has 1 amide bonds. The van der Waals surface area contributed by atoms with E-state index in [4.69, 9.17) is 0 Å². The van der Waals surface area contributed by atoms with E-state index in [-0.39, 0.29) is 35.3 Å². The van der Waals surface area contributed by atoms with Gasteiger partial charge in [0.25, 0.3) is 0 Å². The normalized spacial score (nSPS) is 11.7. The van der Waals surface area contributed by atoms with E-state index in [1.165, 1.54) is 32.0 Å². The Morgan fingerprint density at radius 3 is 2.42 bits per heavy atom. The summed E-state index contributed by atoms with van der Waals surface area (Å²) in [5.74, 6) is -1.21. The number of hydrogen-bond donors (Lipinski definition) is 2. The smallest absolute Gasteiger partial charge is 0.227 e. The summed E-state index contributed by atoms with van der Waals surface area (Å²) < 4.78 is 0. The third-order valence-electron chi connectivity index (χ3n) is 2.70. The number of nitrogens with one attached hydrogen (secondary N) is 1. The van der Waals surface area contributed by atoms with Gasteiger partial charge in [0.15, 0.2) is 5.78 Å². The van der Waals surface area contributed by atoms with Crippen LogP contribution >= 0.6 is 0 Å². The van der Waals surface area contributed by atoms with E-state index in [9.17, 15) is 19.5 Å². The molecule has 5 nitrogen and oxygen atoms in total. The summed E-state index contributed by atoms with van der Waals surface area (Å²) in [7, 11) is 0. The Hall–Kier alpha value is -2.17. The highest BCUT2D eigenvalue weighted by Gasteiger charge is 2.16. The number of carbonyl (C=O) groups is 3. The van der Waals surface area contributed by atoms with Gasteiger partial charge < -0.3 is 15.2 Å². The van der Waals surface area contributed by atoms with Crippen LogP contribution in [0.25, 0.3) is 0 Å². The van der Waals surface area contributed by atoms with E-state index >= 15 is 0 Å². The predicted octanol–water partition coefficient (Wildman–Crippen LogP) is 2.15. The summed E-state index contributed by atoms with van der Waals surface area (Å²) >= 11 is 0. The molecule has 1 rings (SSSR count). The molecule has 1 aromatic rings. The first-order valence-corrected chi connectivity index (χ1v) is 5.95. The fraction of sp³-hybridized carbons (Fsp3) is 0.357. The van der Waals surface area contributed by atoms with Gasteiger partial charge in [0.1, 0.15) is 11.5 Å². The summed E-state index contributed by atoms with van der Waals surface area (Å²) in [5.41, 5.74) is 0.570. The fourth-order valence-corrected chi connectivity index (χ4v) is 1.63. The topological polar surface area (TPSA) is 83.5 Å². The predicted molar refractivity (Wildman–Crippen MR) is 71.2 cm³/mol. The van der Waals surface area contributed by atoms with Crippen LogP contribution in [0.3, 0.4) is 0 Å². The van der Waals surface area contributed by atoms with Crippen LogP contribution in [-0.4, -0.2) is 22.6 Å². The Labute approximate surface area is 111 Å². The fourth-order valence-electron chi connectivity index (χ4n) is 1.63. The van der Waals surface area contributed by atoms with Gasteiger partial charge in [-0.3, -0.25) is 9.59 Å². The number of amides is 1. The highest BCUT2D eigenvalue weighted by Crippen LogP contribution is 2.25. The first-order valence-electron chi connectivity index (χ1n) is 5.95. The number of phenols is 1. The second-order valence-corrected chi connectivity index (χ2v) is 4.58. The van der Waals surface area contributed by atoms with Crippen LogP contribution in [-0.2, 0) is 9.59 Å². The summed E-state index contributed by atoms with van der Waals surface area (Å²) in [5, 5.41) is 12.2. The summed E-state index contributed by atoms with van der Waals surface area (Å²) in [6.45, 7) is 4.44. The molecule has 1 unspecified atom stereocenters. The lowest BCUT2D eigenvalue weighted by molar-refractivity contribution is -0.124. The highest BCUT2D eigenvalue weighted by atomic mass is 16.3. The van der Waals surface area contributed by atoms with Crippen molar-refractivity contribution < 1.29 is 19.5 Å². The maximum absolute atomic E-state index is 11.8. The number of benzene rings is 1. The zero-order valence-electron chi connectivity index (χ0n) is 11.2. The lowest BCUT2D eigenvalue weighted by Crippen LogP contribution is -2.22. The number of aromatic hydroxyl groups is 1. The molecule has 1 atom stereocenters. The lowest BCUT2D eigenvalue weighted by Gasteiger charge is -2.12. The van der Waals surface area contributed by atoms with E-state index in [0.29, 0.717) is 5.56 Å². The van der Waals surface area contributed by atoms with Crippen LogP contribution in [0.4, 0.5) is 5.69 Å². The van der Waals surface area contributed by atoms with Crippen LogP contribution in [0.5, 0.6) is 5.75 Å². The molecule has 0 aliphatic heterocycles. The zero-order chi connectivity index (χ0) is 14.6. The van der Waals surface area contributed by atoms with Crippen molar-refractivity contribution in [1.82, 2.24) is 0 Å². The molecule has 19 heavy (non-hydrogen) atoms. The van der Waals surface area contributed by atoms with Crippen molar-refractivity contribution in [2.45, 2.75) is 27.2 Å². The molecule has 0 heterocycles. The second-order valence-electron chi connectivity index (χ2n) is 4.58. The van der Waals surface area contributed by atoms with Crippen molar-refractivity contribution in [3.63, 3.8) is 0 Å². The monoisotopic (exact) mass is 263 g/mol. The average molecular weight is 263 g/mol. The van der Waals surface area contributed by atoms with Gasteiger partial charge in [0, 0.05) is 17.9 Å². The molecule has 0 radical (unpaired) electrons. The summed E-state index contributed by atoms with van der Waals surface area (Å²) in [6.07, 6.45) is 0.138. The Balaban J connectivity index is 2.86. The molecule has 0 bridgehead atoms. The van der Waals surface area contributed by atoms with Crippen LogP contribution in [0.2, 0.25) is 0 Å². The lowest BCUT2D eigenvalue weighted by atomic mass is 10.0. The van der Waals surface area contributed by atoms with Crippen molar-refractivity contribution in [3.8, 4) is 5.75 Å². The summed E-state index contributed by atoms with van der Waals surface area (Å²) in [4.78, 5) is 34.0. The minimum atomic E-state index is -0.488. The Morgan fingerprint density at radius 2 is 1.89 bits per heavy atom. The second kappa shape index (κ2) is 6.13. The Morgan fingerprint density at radius 1 is 1.26 bits per heavy atom. The van der Waals surface area contributed by atoms with Crippen molar-refractivity contribution in [3.05, 3.63) is 23.8 Å². The molecular formula is C14H17NO4. The Kier molecular flexibility index (Phi) is 4.80. The molecule has 0 spiro atoms. The van der Waals surface area contributed by atoms with Crippen molar-refractivity contribution in [1.29, 1.82) is 0 Å². The molecule has 0 saturated carbocycles. The van der Waals surface area contributed by atoms with Crippen molar-refractivity contribution >= 4 is 23.2 Å². The van der Waals surface area contributed by atoms with Gasteiger partial charge in [-0.05, 0) is 32.0 Å². The van der Waals surface area contributed by atoms with Crippen LogP contribution in [0.1, 0.15) is 37.6 Å². The van der Waals surface area contributed by atoms with E-state index in [1.807, 2.05) is 0 Å². The molecule has 1 aromatic carbocycles. The maximum atomic E-state index is 11.8. The van der Waals surface area contributed by atoms with Gasteiger partial charge in [0.05, 0.1) is 5.69 Å². The molecule has 0 aromatic heterocycles. The number of anilines is 1. The van der Waals surface area contributed by atoms with Crippen LogP contribution in [0, 0.1) is 5.92 Å². The van der Waals surface area contributed by atoms with Gasteiger partial charge >= 0.3 is 0 Å². The number of Topliss-reactive ketones (excluding diaryl/α,β-unsaturated/α-hetero) is 2. The minimum absolute atomic E-state index is 0.0793. The SMILES string of the molecule is CC(=O)CC(C)C(=O)Nc1cc(C(C)=O)ccc1O. The van der Waals surface area contributed by atoms with Crippen LogP contribution in [0.15, 0.2) is 18.2 Å². The van der Waals surface area contributed by atoms with E-state index in [2.05, 4.69) is 5.32 Å². The van der Waals surface area contributed by atoms with Crippen molar-refractivity contribution in [2.75, 3.05) is 5.32 Å². The minimum Gasteiger partial charge on any atom is -0.506 e. The van der Waals surface area contributed by atoms with E-state index in [0.717, 1.165) is 0 Å². The average Bonchev–Trinajstić information content (AvgIpc) is 2.30. The van der Waals surface area contributed by atoms with Gasteiger partial charge in [-0.1, -0.05) is 6.92 Å². The highest BCUT2D eigenvalue weighted by molar-refractivity contribution is 5.99. The maximum Gasteiger partial charge on any atom is 0.227 e. The molecular weight excluding hydrogens is 246 g/mol. The number of carbonyl (C=O) groups excluding carboxylic acids is 3. The van der Waals surface area contributed by atoms with E-state index in [1.54, 1.807) is 6.92 Å². The molecule has 0 saturated heterocycles. The molecule has 0 aliphatic carbocycles. The first-order chi connectivity index (χ1) is 8.81. The van der Waals surface area contributed by atoms with Gasteiger partial charge in [-0.25, -0.2) is 0 Å². The van der Waals surface area contributed by atoms with Gasteiger partial charge in [0.2, 0.25) is 5.91 Å². The number of phenolic OH excluding ortho intramolecular Hbond substituents is 1. The standard InChI is InChI=1S/C14H17NO4/c1-8(6-9(2)16)14(19)15-12-7-11(10(3)17)4-5-13(12)18/h4-5,7-8,18H,6H2,1-3H3,(H,15,19). The third-order valence-corrected chi connectivity index (χ3v) is 2.70. The number of ketones is 2. The van der Waals surface area contributed by atoms with E-state index < -0.39 is 5.92 Å². The van der Waals surface area contributed by atoms with Crippen LogP contribution < -0.4 is 5.32 Å². The first kappa shape index (κ1) is 14.9. The molecule has 5 heteroatoms. The molecule has 0 fully saturated rings. The quantitative estimate of drug-likeness (QED) is 0.629.